The largest absolute Gasteiger partial charge is 0.480 e. The minimum atomic E-state index is -0.919. The highest BCUT2D eigenvalue weighted by Crippen LogP contribution is 2.24. The zero-order chi connectivity index (χ0) is 14.7. The van der Waals surface area contributed by atoms with Crippen molar-refractivity contribution in [3.63, 3.8) is 0 Å². The second-order valence-corrected chi connectivity index (χ2v) is 5.69. The van der Waals surface area contributed by atoms with Crippen molar-refractivity contribution in [2.45, 2.75) is 45.1 Å². The Morgan fingerprint density at radius 1 is 1.05 bits per heavy atom. The molecular formula is C14H22N2O4. The van der Waals surface area contributed by atoms with E-state index < -0.39 is 12.0 Å². The van der Waals surface area contributed by atoms with Gasteiger partial charge < -0.3 is 14.9 Å². The Kier molecular flexibility index (Phi) is 4.62. The molecule has 112 valence electrons. The Morgan fingerprint density at radius 3 is 2.45 bits per heavy atom. The SMILES string of the molecule is CC(=O)N1CCCC(C(=O)N2CCCC[C@H]2C(=O)O)C1. The summed E-state index contributed by atoms with van der Waals surface area (Å²) in [6.07, 6.45) is 3.79. The molecular weight excluding hydrogens is 260 g/mol. The van der Waals surface area contributed by atoms with Gasteiger partial charge in [-0.1, -0.05) is 0 Å². The number of likely N-dealkylation sites (tertiary alicyclic amines) is 2. The summed E-state index contributed by atoms with van der Waals surface area (Å²) in [5, 5.41) is 9.24. The number of amides is 2. The summed E-state index contributed by atoms with van der Waals surface area (Å²) in [5.41, 5.74) is 0. The Bertz CT molecular complexity index is 410. The number of hydrogen-bond acceptors (Lipinski definition) is 3. The van der Waals surface area contributed by atoms with Gasteiger partial charge in [0, 0.05) is 26.6 Å². The van der Waals surface area contributed by atoms with E-state index in [1.165, 1.54) is 11.8 Å². The van der Waals surface area contributed by atoms with Crippen molar-refractivity contribution in [1.82, 2.24) is 9.80 Å². The van der Waals surface area contributed by atoms with Gasteiger partial charge in [-0.3, -0.25) is 9.59 Å². The van der Waals surface area contributed by atoms with E-state index in [4.69, 9.17) is 0 Å². The monoisotopic (exact) mass is 282 g/mol. The van der Waals surface area contributed by atoms with Crippen molar-refractivity contribution in [2.24, 2.45) is 5.92 Å². The second-order valence-electron chi connectivity index (χ2n) is 5.69. The van der Waals surface area contributed by atoms with Gasteiger partial charge in [0.25, 0.3) is 0 Å². The molecule has 0 aromatic heterocycles. The molecule has 0 bridgehead atoms. The van der Waals surface area contributed by atoms with Crippen LogP contribution in [0, 0.1) is 5.92 Å². The molecule has 0 aromatic rings. The van der Waals surface area contributed by atoms with E-state index in [1.54, 1.807) is 4.90 Å². The van der Waals surface area contributed by atoms with E-state index in [0.717, 1.165) is 25.7 Å². The van der Waals surface area contributed by atoms with Crippen LogP contribution >= 0.6 is 0 Å². The van der Waals surface area contributed by atoms with Crippen LogP contribution in [0.2, 0.25) is 0 Å². The molecule has 0 saturated carbocycles. The lowest BCUT2D eigenvalue weighted by Gasteiger charge is -2.38. The van der Waals surface area contributed by atoms with Crippen LogP contribution in [0.3, 0.4) is 0 Å². The number of carbonyl (C=O) groups excluding carboxylic acids is 2. The van der Waals surface area contributed by atoms with Gasteiger partial charge in [0.05, 0.1) is 5.92 Å². The van der Waals surface area contributed by atoms with Crippen molar-refractivity contribution in [3.8, 4) is 0 Å². The van der Waals surface area contributed by atoms with Gasteiger partial charge in [-0.25, -0.2) is 4.79 Å². The molecule has 6 nitrogen and oxygen atoms in total. The van der Waals surface area contributed by atoms with Crippen LogP contribution < -0.4 is 0 Å². The minimum absolute atomic E-state index is 0.0177. The maximum Gasteiger partial charge on any atom is 0.326 e. The van der Waals surface area contributed by atoms with E-state index in [-0.39, 0.29) is 17.7 Å². The van der Waals surface area contributed by atoms with Crippen molar-refractivity contribution < 1.29 is 19.5 Å². The first kappa shape index (κ1) is 14.8. The molecule has 2 saturated heterocycles. The van der Waals surface area contributed by atoms with Crippen LogP contribution in [0.15, 0.2) is 0 Å². The number of piperidine rings is 2. The average molecular weight is 282 g/mol. The first-order chi connectivity index (χ1) is 9.50. The fraction of sp³-hybridized carbons (Fsp3) is 0.786. The van der Waals surface area contributed by atoms with Crippen LogP contribution in [-0.2, 0) is 14.4 Å². The zero-order valence-corrected chi connectivity index (χ0v) is 11.9. The molecule has 2 fully saturated rings. The Balaban J connectivity index is 2.05. The summed E-state index contributed by atoms with van der Waals surface area (Å²) in [4.78, 5) is 38.4. The van der Waals surface area contributed by atoms with Gasteiger partial charge in [-0.2, -0.15) is 0 Å². The number of carboxylic acid groups (broad SMARTS) is 1. The smallest absolute Gasteiger partial charge is 0.326 e. The molecule has 2 atom stereocenters. The molecule has 0 aliphatic carbocycles. The Labute approximate surface area is 118 Å². The van der Waals surface area contributed by atoms with E-state index >= 15 is 0 Å². The van der Waals surface area contributed by atoms with Crippen LogP contribution in [0.4, 0.5) is 0 Å². The van der Waals surface area contributed by atoms with Gasteiger partial charge in [0.1, 0.15) is 6.04 Å². The van der Waals surface area contributed by atoms with Crippen molar-refractivity contribution in [2.75, 3.05) is 19.6 Å². The van der Waals surface area contributed by atoms with Gasteiger partial charge >= 0.3 is 5.97 Å². The summed E-state index contributed by atoms with van der Waals surface area (Å²) in [6.45, 7) is 3.15. The molecule has 6 heteroatoms. The van der Waals surface area contributed by atoms with Crippen LogP contribution in [0.1, 0.15) is 39.0 Å². The molecule has 0 radical (unpaired) electrons. The maximum absolute atomic E-state index is 12.6. The van der Waals surface area contributed by atoms with Crippen molar-refractivity contribution in [3.05, 3.63) is 0 Å². The molecule has 0 aromatic carbocycles. The third kappa shape index (κ3) is 3.11. The standard InChI is InChI=1S/C14H22N2O4/c1-10(17)15-7-4-5-11(9-15)13(18)16-8-3-2-6-12(16)14(19)20/h11-12H,2-9H2,1H3,(H,19,20)/t11?,12-/m0/s1. The molecule has 2 amide bonds. The van der Waals surface area contributed by atoms with E-state index in [0.29, 0.717) is 26.1 Å². The Hall–Kier alpha value is -1.59. The fourth-order valence-electron chi connectivity index (χ4n) is 3.15. The van der Waals surface area contributed by atoms with Crippen LogP contribution in [-0.4, -0.2) is 58.4 Å². The molecule has 2 aliphatic heterocycles. The highest BCUT2D eigenvalue weighted by molar-refractivity contribution is 5.86. The first-order valence-electron chi connectivity index (χ1n) is 7.29. The molecule has 1 N–H and O–H groups in total. The normalized spacial score (nSPS) is 27.2. The number of carboxylic acids is 1. The number of aliphatic carboxylic acids is 1. The molecule has 2 rings (SSSR count). The molecule has 1 unspecified atom stereocenters. The zero-order valence-electron chi connectivity index (χ0n) is 11.9. The summed E-state index contributed by atoms with van der Waals surface area (Å²) >= 11 is 0. The highest BCUT2D eigenvalue weighted by Gasteiger charge is 2.37. The average Bonchev–Trinajstić information content (AvgIpc) is 2.46. The first-order valence-corrected chi connectivity index (χ1v) is 7.29. The third-order valence-electron chi connectivity index (χ3n) is 4.29. The summed E-state index contributed by atoms with van der Waals surface area (Å²) in [5.74, 6) is -1.27. The number of hydrogen-bond donors (Lipinski definition) is 1. The lowest BCUT2D eigenvalue weighted by molar-refractivity contribution is -0.155. The number of carbonyl (C=O) groups is 3. The van der Waals surface area contributed by atoms with Gasteiger partial charge in [0.15, 0.2) is 0 Å². The van der Waals surface area contributed by atoms with Crippen LogP contribution in [0.5, 0.6) is 0 Å². The molecule has 2 heterocycles. The van der Waals surface area contributed by atoms with E-state index in [2.05, 4.69) is 0 Å². The summed E-state index contributed by atoms with van der Waals surface area (Å²) < 4.78 is 0. The van der Waals surface area contributed by atoms with Crippen molar-refractivity contribution in [1.29, 1.82) is 0 Å². The van der Waals surface area contributed by atoms with Gasteiger partial charge in [-0.15, -0.1) is 0 Å². The predicted molar refractivity (Wildman–Crippen MR) is 72.0 cm³/mol. The minimum Gasteiger partial charge on any atom is -0.480 e. The molecule has 2 aliphatic rings. The van der Waals surface area contributed by atoms with E-state index in [1.807, 2.05) is 0 Å². The highest BCUT2D eigenvalue weighted by atomic mass is 16.4. The topological polar surface area (TPSA) is 77.9 Å². The Morgan fingerprint density at radius 2 is 1.80 bits per heavy atom. The lowest BCUT2D eigenvalue weighted by atomic mass is 9.93. The summed E-state index contributed by atoms with van der Waals surface area (Å²) in [6, 6.07) is -0.691. The lowest BCUT2D eigenvalue weighted by Crippen LogP contribution is -2.53. The molecule has 0 spiro atoms. The van der Waals surface area contributed by atoms with Gasteiger partial charge in [-0.05, 0) is 32.1 Å². The quantitative estimate of drug-likeness (QED) is 0.809. The van der Waals surface area contributed by atoms with Gasteiger partial charge in [0.2, 0.25) is 11.8 Å². The van der Waals surface area contributed by atoms with E-state index in [9.17, 15) is 19.5 Å². The number of nitrogens with zero attached hydrogens (tertiary/aromatic N) is 2. The summed E-state index contributed by atoms with van der Waals surface area (Å²) in [7, 11) is 0. The third-order valence-corrected chi connectivity index (χ3v) is 4.29. The van der Waals surface area contributed by atoms with Crippen molar-refractivity contribution >= 4 is 17.8 Å². The molecule has 20 heavy (non-hydrogen) atoms. The van der Waals surface area contributed by atoms with Crippen LogP contribution in [0.25, 0.3) is 0 Å². The number of rotatable bonds is 2. The second kappa shape index (κ2) is 6.24. The predicted octanol–water partition coefficient (Wildman–Crippen LogP) is 0.711. The fourth-order valence-corrected chi connectivity index (χ4v) is 3.15. The maximum atomic E-state index is 12.6.